The van der Waals surface area contributed by atoms with E-state index in [9.17, 15) is 0 Å². The predicted octanol–water partition coefficient (Wildman–Crippen LogP) is 3.82. The van der Waals surface area contributed by atoms with Crippen molar-refractivity contribution in [1.29, 1.82) is 10.5 Å². The van der Waals surface area contributed by atoms with Crippen LogP contribution in [0.15, 0.2) is 35.9 Å². The molecule has 0 amide bonds. The van der Waals surface area contributed by atoms with Crippen molar-refractivity contribution < 1.29 is 0 Å². The number of nitriles is 2. The third-order valence-electron chi connectivity index (χ3n) is 3.12. The first kappa shape index (κ1) is 11.5. The lowest BCUT2D eigenvalue weighted by Crippen LogP contribution is -1.83. The number of aryl methyl sites for hydroxylation is 1. The van der Waals surface area contributed by atoms with Gasteiger partial charge >= 0.3 is 0 Å². The molecule has 0 fully saturated rings. The molecule has 0 aliphatic carbocycles. The van der Waals surface area contributed by atoms with Gasteiger partial charge in [-0.3, -0.25) is 0 Å². The third kappa shape index (κ3) is 1.71. The molecule has 4 heteroatoms. The summed E-state index contributed by atoms with van der Waals surface area (Å²) in [6, 6.07) is 14.0. The average Bonchev–Trinajstić information content (AvgIpc) is 2.97. The molecule has 1 aromatic carbocycles. The van der Waals surface area contributed by atoms with Gasteiger partial charge in [0, 0.05) is 28.2 Å². The standard InChI is InChI=1S/C15H9N3S/c1-18-14-5-3-2-4-12(14)13-7-11(19-15(13)18)6-10(8-16)9-17/h2-7H,1H3. The Hall–Kier alpha value is -2.56. The Morgan fingerprint density at radius 1 is 1.21 bits per heavy atom. The van der Waals surface area contributed by atoms with Crippen LogP contribution in [-0.4, -0.2) is 4.57 Å². The molecule has 0 saturated carbocycles. The second-order valence-electron chi connectivity index (χ2n) is 4.23. The molecule has 0 atom stereocenters. The maximum atomic E-state index is 8.80. The van der Waals surface area contributed by atoms with Crippen LogP contribution in [0.1, 0.15) is 4.88 Å². The number of allylic oxidation sites excluding steroid dienone is 1. The van der Waals surface area contributed by atoms with Gasteiger partial charge in [-0.15, -0.1) is 11.3 Å². The topological polar surface area (TPSA) is 52.5 Å². The molecule has 3 aromatic rings. The van der Waals surface area contributed by atoms with Crippen molar-refractivity contribution in [3.8, 4) is 12.1 Å². The first-order valence-electron chi connectivity index (χ1n) is 5.73. The van der Waals surface area contributed by atoms with Crippen LogP contribution in [-0.2, 0) is 7.05 Å². The zero-order valence-corrected chi connectivity index (χ0v) is 11.0. The van der Waals surface area contributed by atoms with Crippen molar-refractivity contribution in [3.05, 3.63) is 40.8 Å². The van der Waals surface area contributed by atoms with E-state index in [4.69, 9.17) is 10.5 Å². The number of para-hydroxylation sites is 1. The lowest BCUT2D eigenvalue weighted by molar-refractivity contribution is 1.02. The quantitative estimate of drug-likeness (QED) is 0.627. The molecule has 0 aliphatic heterocycles. The summed E-state index contributed by atoms with van der Waals surface area (Å²) in [5, 5.41) is 20.0. The summed E-state index contributed by atoms with van der Waals surface area (Å²) >= 11 is 1.59. The van der Waals surface area contributed by atoms with E-state index in [0.717, 1.165) is 9.71 Å². The monoisotopic (exact) mass is 263 g/mol. The van der Waals surface area contributed by atoms with Crippen LogP contribution in [0.25, 0.3) is 27.2 Å². The summed E-state index contributed by atoms with van der Waals surface area (Å²) in [5.74, 6) is 0. The molecule has 2 heterocycles. The normalized spacial score (nSPS) is 10.3. The molecule has 0 saturated heterocycles. The molecular formula is C15H9N3S. The number of thiophene rings is 1. The molecule has 0 unspecified atom stereocenters. The summed E-state index contributed by atoms with van der Waals surface area (Å²) in [7, 11) is 2.03. The Kier molecular flexibility index (Phi) is 2.59. The van der Waals surface area contributed by atoms with Crippen LogP contribution >= 0.6 is 11.3 Å². The SMILES string of the molecule is Cn1c2ccccc2c2cc(C=C(C#N)C#N)sc21. The van der Waals surface area contributed by atoms with Gasteiger partial charge in [-0.05, 0) is 18.2 Å². The highest BCUT2D eigenvalue weighted by atomic mass is 32.1. The van der Waals surface area contributed by atoms with Gasteiger partial charge in [-0.2, -0.15) is 10.5 Å². The van der Waals surface area contributed by atoms with E-state index in [2.05, 4.69) is 16.7 Å². The van der Waals surface area contributed by atoms with Crippen molar-refractivity contribution in [2.75, 3.05) is 0 Å². The minimum absolute atomic E-state index is 0.135. The molecular weight excluding hydrogens is 254 g/mol. The lowest BCUT2D eigenvalue weighted by Gasteiger charge is -1.95. The molecule has 2 aromatic heterocycles. The first-order valence-corrected chi connectivity index (χ1v) is 6.55. The lowest BCUT2D eigenvalue weighted by atomic mass is 10.2. The van der Waals surface area contributed by atoms with E-state index in [1.54, 1.807) is 17.4 Å². The Bertz CT molecular complexity index is 881. The Balaban J connectivity index is 2.29. The highest BCUT2D eigenvalue weighted by Crippen LogP contribution is 2.35. The summed E-state index contributed by atoms with van der Waals surface area (Å²) in [4.78, 5) is 2.09. The maximum Gasteiger partial charge on any atom is 0.131 e. The molecule has 0 radical (unpaired) electrons. The highest BCUT2D eigenvalue weighted by Gasteiger charge is 2.11. The fourth-order valence-corrected chi connectivity index (χ4v) is 3.34. The zero-order valence-electron chi connectivity index (χ0n) is 10.2. The van der Waals surface area contributed by atoms with Gasteiger partial charge < -0.3 is 4.57 Å². The van der Waals surface area contributed by atoms with Crippen molar-refractivity contribution in [3.63, 3.8) is 0 Å². The minimum Gasteiger partial charge on any atom is -0.335 e. The van der Waals surface area contributed by atoms with Crippen LogP contribution in [0, 0.1) is 22.7 Å². The smallest absolute Gasteiger partial charge is 0.131 e. The van der Waals surface area contributed by atoms with Gasteiger partial charge in [0.05, 0.1) is 0 Å². The largest absolute Gasteiger partial charge is 0.335 e. The van der Waals surface area contributed by atoms with Gasteiger partial charge in [0.25, 0.3) is 0 Å². The molecule has 0 spiro atoms. The second-order valence-corrected chi connectivity index (χ2v) is 5.29. The Labute approximate surface area is 114 Å². The number of hydrogen-bond acceptors (Lipinski definition) is 3. The van der Waals surface area contributed by atoms with Crippen molar-refractivity contribution in [2.24, 2.45) is 7.05 Å². The van der Waals surface area contributed by atoms with E-state index in [-0.39, 0.29) is 5.57 Å². The molecule has 0 aliphatic rings. The maximum absolute atomic E-state index is 8.80. The van der Waals surface area contributed by atoms with E-state index in [0.29, 0.717) is 0 Å². The van der Waals surface area contributed by atoms with Gasteiger partial charge in [0.1, 0.15) is 22.5 Å². The number of aromatic nitrogens is 1. The van der Waals surface area contributed by atoms with E-state index in [1.165, 1.54) is 16.3 Å². The predicted molar refractivity (Wildman–Crippen MR) is 77.5 cm³/mol. The van der Waals surface area contributed by atoms with Crippen molar-refractivity contribution in [2.45, 2.75) is 0 Å². The number of nitrogens with zero attached hydrogens (tertiary/aromatic N) is 3. The van der Waals surface area contributed by atoms with Crippen LogP contribution in [0.4, 0.5) is 0 Å². The first-order chi connectivity index (χ1) is 9.24. The number of hydrogen-bond donors (Lipinski definition) is 0. The number of fused-ring (bicyclic) bond motifs is 3. The third-order valence-corrected chi connectivity index (χ3v) is 4.28. The average molecular weight is 263 g/mol. The van der Waals surface area contributed by atoms with Crippen LogP contribution in [0.2, 0.25) is 0 Å². The summed E-state index contributed by atoms with van der Waals surface area (Å²) in [6.07, 6.45) is 1.64. The van der Waals surface area contributed by atoms with Crippen molar-refractivity contribution in [1.82, 2.24) is 4.57 Å². The number of benzene rings is 1. The van der Waals surface area contributed by atoms with Gasteiger partial charge in [-0.1, -0.05) is 18.2 Å². The van der Waals surface area contributed by atoms with Crippen LogP contribution in [0.3, 0.4) is 0 Å². The Morgan fingerprint density at radius 2 is 1.95 bits per heavy atom. The van der Waals surface area contributed by atoms with E-state index < -0.39 is 0 Å². The molecule has 3 rings (SSSR count). The molecule has 0 N–H and O–H groups in total. The number of rotatable bonds is 1. The van der Waals surface area contributed by atoms with Gasteiger partial charge in [0.15, 0.2) is 0 Å². The fourth-order valence-electron chi connectivity index (χ4n) is 2.25. The van der Waals surface area contributed by atoms with Crippen LogP contribution < -0.4 is 0 Å². The highest BCUT2D eigenvalue weighted by molar-refractivity contribution is 7.19. The molecule has 19 heavy (non-hydrogen) atoms. The Morgan fingerprint density at radius 3 is 2.68 bits per heavy atom. The molecule has 0 bridgehead atoms. The van der Waals surface area contributed by atoms with E-state index >= 15 is 0 Å². The van der Waals surface area contributed by atoms with Crippen LogP contribution in [0.5, 0.6) is 0 Å². The summed E-state index contributed by atoms with van der Waals surface area (Å²) < 4.78 is 2.14. The minimum atomic E-state index is 0.135. The molecule has 90 valence electrons. The fraction of sp³-hybridized carbons (Fsp3) is 0.0667. The van der Waals surface area contributed by atoms with Crippen molar-refractivity contribution >= 4 is 38.5 Å². The summed E-state index contributed by atoms with van der Waals surface area (Å²) in [6.45, 7) is 0. The van der Waals surface area contributed by atoms with E-state index in [1.807, 2.05) is 37.4 Å². The zero-order chi connectivity index (χ0) is 13.4. The van der Waals surface area contributed by atoms with Gasteiger partial charge in [-0.25, -0.2) is 0 Å². The summed E-state index contributed by atoms with van der Waals surface area (Å²) in [5.41, 5.74) is 1.33. The molecule has 3 nitrogen and oxygen atoms in total. The van der Waals surface area contributed by atoms with Gasteiger partial charge in [0.2, 0.25) is 0 Å². The second kappa shape index (κ2) is 4.28.